The predicted molar refractivity (Wildman–Crippen MR) is 116 cm³/mol. The third-order valence-electron chi connectivity index (χ3n) is 5.74. The lowest BCUT2D eigenvalue weighted by molar-refractivity contribution is 0.102. The maximum atomic E-state index is 6.31. The number of fused-ring (bicyclic) bond motifs is 1. The molecule has 0 heterocycles. The molecule has 3 aromatic rings. The Bertz CT molecular complexity index is 930. The van der Waals surface area contributed by atoms with Crippen LogP contribution >= 0.6 is 0 Å². The van der Waals surface area contributed by atoms with Gasteiger partial charge < -0.3 is 4.74 Å². The number of rotatable bonds is 5. The van der Waals surface area contributed by atoms with Crippen molar-refractivity contribution in [3.05, 3.63) is 132 Å². The summed E-state index contributed by atoms with van der Waals surface area (Å²) in [5, 5.41) is 0. The average molecular weight is 367 g/mol. The number of allylic oxidation sites excluding steroid dienone is 2. The number of hydrogen-bond acceptors (Lipinski definition) is 1. The van der Waals surface area contributed by atoms with Crippen LogP contribution in [0.25, 0.3) is 0 Å². The van der Waals surface area contributed by atoms with E-state index < -0.39 is 0 Å². The van der Waals surface area contributed by atoms with E-state index >= 15 is 0 Å². The van der Waals surface area contributed by atoms with E-state index in [-0.39, 0.29) is 17.4 Å². The van der Waals surface area contributed by atoms with E-state index in [1.54, 1.807) is 0 Å². The van der Waals surface area contributed by atoms with Gasteiger partial charge in [0.05, 0.1) is 11.7 Å². The van der Waals surface area contributed by atoms with Gasteiger partial charge in [0, 0.05) is 5.92 Å². The molecule has 3 aromatic carbocycles. The van der Waals surface area contributed by atoms with Gasteiger partial charge in [-0.15, -0.1) is 0 Å². The van der Waals surface area contributed by atoms with Crippen molar-refractivity contribution in [1.82, 2.24) is 0 Å². The van der Waals surface area contributed by atoms with Crippen LogP contribution in [-0.2, 0) is 10.2 Å². The fourth-order valence-corrected chi connectivity index (χ4v) is 4.74. The first-order valence-corrected chi connectivity index (χ1v) is 9.94. The molecule has 0 bridgehead atoms. The molecule has 0 saturated heterocycles. The van der Waals surface area contributed by atoms with Gasteiger partial charge in [-0.25, -0.2) is 0 Å². The normalized spacial score (nSPS) is 20.5. The summed E-state index contributed by atoms with van der Waals surface area (Å²) in [6, 6.07) is 30.4. The Morgan fingerprint density at radius 2 is 1.29 bits per heavy atom. The van der Waals surface area contributed by atoms with E-state index in [4.69, 9.17) is 4.74 Å². The Morgan fingerprint density at radius 3 is 1.86 bits per heavy atom. The van der Waals surface area contributed by atoms with Gasteiger partial charge in [-0.3, -0.25) is 0 Å². The van der Waals surface area contributed by atoms with E-state index in [2.05, 4.69) is 104 Å². The molecule has 2 unspecified atom stereocenters. The van der Waals surface area contributed by atoms with Crippen molar-refractivity contribution in [3.8, 4) is 0 Å². The largest absolute Gasteiger partial charge is 0.493 e. The minimum absolute atomic E-state index is 0.0380. The van der Waals surface area contributed by atoms with Crippen molar-refractivity contribution in [2.75, 3.05) is 0 Å². The number of hydrogen-bond donors (Lipinski definition) is 0. The van der Waals surface area contributed by atoms with Crippen molar-refractivity contribution in [3.63, 3.8) is 0 Å². The molecular weight excluding hydrogens is 340 g/mol. The lowest BCUT2D eigenvalue weighted by Crippen LogP contribution is -2.35. The van der Waals surface area contributed by atoms with E-state index in [0.29, 0.717) is 0 Å². The lowest BCUT2D eigenvalue weighted by atomic mass is 9.64. The monoisotopic (exact) mass is 366 g/mol. The van der Waals surface area contributed by atoms with Gasteiger partial charge in [0.25, 0.3) is 0 Å². The van der Waals surface area contributed by atoms with Gasteiger partial charge in [-0.2, -0.15) is 0 Å². The van der Waals surface area contributed by atoms with E-state index in [1.165, 1.54) is 22.3 Å². The van der Waals surface area contributed by atoms with Gasteiger partial charge >= 0.3 is 0 Å². The SMILES string of the molecule is CC=COC1c2ccccc2C(c2ccccc2)(c2ccccc2)C1C=CC. The second-order valence-electron chi connectivity index (χ2n) is 7.20. The minimum atomic E-state index is -0.294. The van der Waals surface area contributed by atoms with Crippen LogP contribution in [0.5, 0.6) is 0 Å². The standard InChI is InChI=1S/C27H26O/c1-3-13-25-26(28-20-4-2)23-18-11-12-19-24(23)27(25,21-14-7-5-8-15-21)22-16-9-6-10-17-22/h3-20,25-26H,1-2H3. The topological polar surface area (TPSA) is 9.23 Å². The average Bonchev–Trinajstić information content (AvgIpc) is 3.04. The number of benzene rings is 3. The molecule has 0 N–H and O–H groups in total. The van der Waals surface area contributed by atoms with Crippen LogP contribution in [0.4, 0.5) is 0 Å². The van der Waals surface area contributed by atoms with Gasteiger partial charge in [0.2, 0.25) is 0 Å². The molecule has 0 spiro atoms. The highest BCUT2D eigenvalue weighted by atomic mass is 16.5. The van der Waals surface area contributed by atoms with Crippen LogP contribution < -0.4 is 0 Å². The Labute approximate surface area is 168 Å². The second-order valence-corrected chi connectivity index (χ2v) is 7.20. The molecule has 0 radical (unpaired) electrons. The molecule has 0 aromatic heterocycles. The third kappa shape index (κ3) is 2.79. The molecule has 1 nitrogen and oxygen atoms in total. The first-order valence-electron chi connectivity index (χ1n) is 9.94. The van der Waals surface area contributed by atoms with E-state index in [1.807, 2.05) is 19.3 Å². The summed E-state index contributed by atoms with van der Waals surface area (Å²) >= 11 is 0. The highest BCUT2D eigenvalue weighted by molar-refractivity contribution is 5.60. The Hall–Kier alpha value is -3.06. The van der Waals surface area contributed by atoms with Gasteiger partial charge in [-0.05, 0) is 36.1 Å². The molecule has 1 heteroatoms. The highest BCUT2D eigenvalue weighted by Gasteiger charge is 2.53. The van der Waals surface area contributed by atoms with Crippen molar-refractivity contribution >= 4 is 0 Å². The summed E-state index contributed by atoms with van der Waals surface area (Å²) in [5.74, 6) is 0.149. The molecule has 0 fully saturated rings. The lowest BCUT2D eigenvalue weighted by Gasteiger charge is -2.38. The van der Waals surface area contributed by atoms with Crippen molar-refractivity contribution in [1.29, 1.82) is 0 Å². The van der Waals surface area contributed by atoms with Crippen LogP contribution in [0.15, 0.2) is 109 Å². The van der Waals surface area contributed by atoms with Gasteiger partial charge in [0.1, 0.15) is 6.10 Å². The summed E-state index contributed by atoms with van der Waals surface area (Å²) in [6.45, 7) is 4.09. The molecule has 2 atom stereocenters. The van der Waals surface area contributed by atoms with Crippen molar-refractivity contribution < 1.29 is 4.74 Å². The summed E-state index contributed by atoms with van der Waals surface area (Å²) in [6.07, 6.45) is 8.21. The second kappa shape index (κ2) is 7.90. The maximum absolute atomic E-state index is 6.31. The molecule has 28 heavy (non-hydrogen) atoms. The zero-order chi connectivity index (χ0) is 19.4. The Balaban J connectivity index is 2.08. The first-order chi connectivity index (χ1) is 13.8. The van der Waals surface area contributed by atoms with Crippen LogP contribution in [-0.4, -0.2) is 0 Å². The van der Waals surface area contributed by atoms with Crippen LogP contribution in [0.3, 0.4) is 0 Å². The molecule has 0 aliphatic heterocycles. The molecule has 1 aliphatic carbocycles. The molecular formula is C27H26O. The molecule has 1 aliphatic rings. The third-order valence-corrected chi connectivity index (χ3v) is 5.74. The van der Waals surface area contributed by atoms with Crippen molar-refractivity contribution in [2.45, 2.75) is 25.4 Å². The van der Waals surface area contributed by atoms with Gasteiger partial charge in [0.15, 0.2) is 0 Å². The smallest absolute Gasteiger partial charge is 0.131 e. The minimum Gasteiger partial charge on any atom is -0.493 e. The Morgan fingerprint density at radius 1 is 0.714 bits per heavy atom. The quantitative estimate of drug-likeness (QED) is 0.356. The summed E-state index contributed by atoms with van der Waals surface area (Å²) in [4.78, 5) is 0. The molecule has 0 saturated carbocycles. The molecule has 0 amide bonds. The highest BCUT2D eigenvalue weighted by Crippen LogP contribution is 2.58. The van der Waals surface area contributed by atoms with Crippen LogP contribution in [0.1, 0.15) is 42.2 Å². The zero-order valence-electron chi connectivity index (χ0n) is 16.5. The van der Waals surface area contributed by atoms with Gasteiger partial charge in [-0.1, -0.05) is 103 Å². The molecule has 140 valence electrons. The molecule has 4 rings (SSSR count). The van der Waals surface area contributed by atoms with Crippen LogP contribution in [0.2, 0.25) is 0 Å². The maximum Gasteiger partial charge on any atom is 0.131 e. The van der Waals surface area contributed by atoms with E-state index in [9.17, 15) is 0 Å². The zero-order valence-corrected chi connectivity index (χ0v) is 16.5. The fourth-order valence-electron chi connectivity index (χ4n) is 4.74. The predicted octanol–water partition coefficient (Wildman–Crippen LogP) is 6.82. The van der Waals surface area contributed by atoms with Crippen LogP contribution in [0, 0.1) is 5.92 Å². The van der Waals surface area contributed by atoms with E-state index in [0.717, 1.165) is 0 Å². The fraction of sp³-hybridized carbons (Fsp3) is 0.185. The van der Waals surface area contributed by atoms with Crippen molar-refractivity contribution in [2.24, 2.45) is 5.92 Å². The first kappa shape index (κ1) is 18.3. The summed E-state index contributed by atoms with van der Waals surface area (Å²) in [7, 11) is 0. The summed E-state index contributed by atoms with van der Waals surface area (Å²) < 4.78 is 6.31. The summed E-state index contributed by atoms with van der Waals surface area (Å²) in [5.41, 5.74) is 4.88. The Kier molecular flexibility index (Phi) is 5.16. The number of ether oxygens (including phenoxy) is 1.